The van der Waals surface area contributed by atoms with E-state index in [0.29, 0.717) is 23.3 Å². The number of pyridine rings is 1. The van der Waals surface area contributed by atoms with Crippen LogP contribution in [0.4, 0.5) is 5.69 Å². The van der Waals surface area contributed by atoms with Crippen molar-refractivity contribution in [3.05, 3.63) is 46.1 Å². The second-order valence-corrected chi connectivity index (χ2v) is 6.10. The Balaban J connectivity index is 2.14. The highest BCUT2D eigenvalue weighted by Crippen LogP contribution is 2.34. The number of nitro groups is 1. The van der Waals surface area contributed by atoms with Gasteiger partial charge < -0.3 is 9.47 Å². The highest BCUT2D eigenvalue weighted by atomic mass is 32.1. The molecule has 8 heteroatoms. The monoisotopic (exact) mass is 345 g/mol. The number of fused-ring (bicyclic) bond motifs is 1. The Labute approximate surface area is 142 Å². The Morgan fingerprint density at radius 3 is 2.88 bits per heavy atom. The summed E-state index contributed by atoms with van der Waals surface area (Å²) in [6.45, 7) is 2.29. The normalized spacial score (nSPS) is 12.2. The Morgan fingerprint density at radius 2 is 2.21 bits per heavy atom. The number of hydrogen-bond acceptors (Lipinski definition) is 7. The van der Waals surface area contributed by atoms with Gasteiger partial charge in [0.25, 0.3) is 5.69 Å². The van der Waals surface area contributed by atoms with Gasteiger partial charge in [0, 0.05) is 36.9 Å². The molecule has 0 spiro atoms. The Kier molecular flexibility index (Phi) is 4.68. The third-order valence-electron chi connectivity index (χ3n) is 3.38. The molecular weight excluding hydrogens is 330 g/mol. The molecule has 2 heterocycles. The van der Waals surface area contributed by atoms with Crippen LogP contribution in [0.25, 0.3) is 21.5 Å². The fourth-order valence-corrected chi connectivity index (χ4v) is 2.93. The summed E-state index contributed by atoms with van der Waals surface area (Å²) < 4.78 is 11.0. The van der Waals surface area contributed by atoms with Crippen molar-refractivity contribution in [3.63, 3.8) is 0 Å². The van der Waals surface area contributed by atoms with Crippen LogP contribution in [0.5, 0.6) is 5.75 Å². The molecule has 3 rings (SSSR count). The third kappa shape index (κ3) is 3.34. The lowest BCUT2D eigenvalue weighted by Gasteiger charge is -2.16. The fraction of sp³-hybridized carbons (Fsp3) is 0.250. The van der Waals surface area contributed by atoms with Crippen LogP contribution in [-0.4, -0.2) is 34.7 Å². The predicted octanol–water partition coefficient (Wildman–Crippen LogP) is 3.68. The molecule has 1 atom stereocenters. The number of nitro benzene ring substituents is 1. The van der Waals surface area contributed by atoms with Crippen LogP contribution < -0.4 is 4.74 Å². The lowest BCUT2D eigenvalue weighted by molar-refractivity contribution is -0.384. The van der Waals surface area contributed by atoms with Gasteiger partial charge in [0.1, 0.15) is 11.9 Å². The first-order chi connectivity index (χ1) is 11.6. The van der Waals surface area contributed by atoms with E-state index in [1.807, 2.05) is 6.92 Å². The van der Waals surface area contributed by atoms with E-state index in [0.717, 1.165) is 10.6 Å². The van der Waals surface area contributed by atoms with Crippen LogP contribution >= 0.6 is 11.3 Å². The molecule has 0 amide bonds. The summed E-state index contributed by atoms with van der Waals surface area (Å²) in [5.41, 5.74) is 3.08. The van der Waals surface area contributed by atoms with Crippen LogP contribution in [0, 0.1) is 10.1 Å². The summed E-state index contributed by atoms with van der Waals surface area (Å²) in [7, 11) is 1.60. The van der Waals surface area contributed by atoms with Gasteiger partial charge >= 0.3 is 0 Å². The number of rotatable bonds is 6. The van der Waals surface area contributed by atoms with E-state index in [9.17, 15) is 10.1 Å². The molecule has 0 unspecified atom stereocenters. The van der Waals surface area contributed by atoms with Crippen molar-refractivity contribution in [3.8, 4) is 16.3 Å². The van der Waals surface area contributed by atoms with Crippen molar-refractivity contribution in [2.45, 2.75) is 13.0 Å². The van der Waals surface area contributed by atoms with Crippen LogP contribution in [0.1, 0.15) is 6.92 Å². The average Bonchev–Trinajstić information content (AvgIpc) is 3.09. The minimum absolute atomic E-state index is 0.000847. The van der Waals surface area contributed by atoms with Gasteiger partial charge in [0.05, 0.1) is 33.1 Å². The number of non-ortho nitro benzene ring substituents is 1. The summed E-state index contributed by atoms with van der Waals surface area (Å²) in [4.78, 5) is 20.2. The Bertz CT molecular complexity index is 867. The molecular formula is C16H15N3O4S. The maximum atomic E-state index is 11.1. The van der Waals surface area contributed by atoms with Crippen molar-refractivity contribution in [1.29, 1.82) is 0 Å². The summed E-state index contributed by atoms with van der Waals surface area (Å²) in [6.07, 6.45) is 1.53. The van der Waals surface area contributed by atoms with E-state index in [4.69, 9.17) is 9.47 Å². The predicted molar refractivity (Wildman–Crippen MR) is 91.5 cm³/mol. The standard InChI is InChI=1S/C16H15N3O4S/c1-10(8-22-2)23-15-6-14(16-7-17-9-24-16)18-13-4-3-11(19(20)21)5-12(13)15/h3-7,9-10H,8H2,1-2H3/t10-/m1/s1. The van der Waals surface area contributed by atoms with Crippen molar-refractivity contribution < 1.29 is 14.4 Å². The number of methoxy groups -OCH3 is 1. The highest BCUT2D eigenvalue weighted by Gasteiger charge is 2.15. The number of benzene rings is 1. The van der Waals surface area contributed by atoms with E-state index in [-0.39, 0.29) is 11.8 Å². The van der Waals surface area contributed by atoms with Gasteiger partial charge in [-0.15, -0.1) is 11.3 Å². The Hall–Kier alpha value is -2.58. The number of thiazole rings is 1. The average molecular weight is 345 g/mol. The number of nitrogens with zero attached hydrogens (tertiary/aromatic N) is 3. The van der Waals surface area contributed by atoms with Crippen molar-refractivity contribution in [2.75, 3.05) is 13.7 Å². The van der Waals surface area contributed by atoms with Gasteiger partial charge in [-0.25, -0.2) is 4.98 Å². The molecule has 0 bridgehead atoms. The molecule has 0 aliphatic carbocycles. The molecule has 0 N–H and O–H groups in total. The van der Waals surface area contributed by atoms with Crippen molar-refractivity contribution >= 4 is 27.9 Å². The molecule has 0 saturated heterocycles. The van der Waals surface area contributed by atoms with Gasteiger partial charge in [-0.05, 0) is 13.0 Å². The first kappa shape index (κ1) is 16.3. The maximum absolute atomic E-state index is 11.1. The zero-order valence-corrected chi connectivity index (χ0v) is 13.9. The van der Waals surface area contributed by atoms with E-state index in [1.165, 1.54) is 23.5 Å². The zero-order chi connectivity index (χ0) is 17.1. The van der Waals surface area contributed by atoms with Crippen LogP contribution in [0.3, 0.4) is 0 Å². The fourth-order valence-electron chi connectivity index (χ4n) is 2.35. The van der Waals surface area contributed by atoms with Crippen LogP contribution in [0.2, 0.25) is 0 Å². The summed E-state index contributed by atoms with van der Waals surface area (Å²) in [5, 5.41) is 11.6. The van der Waals surface area contributed by atoms with E-state index >= 15 is 0 Å². The van der Waals surface area contributed by atoms with E-state index in [1.54, 1.807) is 30.9 Å². The lowest BCUT2D eigenvalue weighted by atomic mass is 10.1. The number of aromatic nitrogens is 2. The van der Waals surface area contributed by atoms with Crippen LogP contribution in [-0.2, 0) is 4.74 Å². The topological polar surface area (TPSA) is 87.4 Å². The third-order valence-corrected chi connectivity index (χ3v) is 4.18. The summed E-state index contributed by atoms with van der Waals surface area (Å²) in [5.74, 6) is 0.539. The SMILES string of the molecule is COC[C@@H](C)Oc1cc(-c2cncs2)nc2ccc([N+](=O)[O-])cc12. The molecule has 124 valence electrons. The summed E-state index contributed by atoms with van der Waals surface area (Å²) >= 11 is 1.47. The highest BCUT2D eigenvalue weighted by molar-refractivity contribution is 7.13. The molecule has 0 aliphatic heterocycles. The summed E-state index contributed by atoms with van der Waals surface area (Å²) in [6, 6.07) is 6.33. The van der Waals surface area contributed by atoms with Gasteiger partial charge in [-0.2, -0.15) is 0 Å². The molecule has 1 aromatic carbocycles. The van der Waals surface area contributed by atoms with E-state index in [2.05, 4.69) is 9.97 Å². The van der Waals surface area contributed by atoms with Crippen molar-refractivity contribution in [1.82, 2.24) is 9.97 Å². The second-order valence-electron chi connectivity index (χ2n) is 5.21. The first-order valence-electron chi connectivity index (χ1n) is 7.22. The van der Waals surface area contributed by atoms with Gasteiger partial charge in [-0.3, -0.25) is 15.1 Å². The molecule has 3 aromatic rings. The maximum Gasteiger partial charge on any atom is 0.270 e. The molecule has 0 aliphatic rings. The van der Waals surface area contributed by atoms with Gasteiger partial charge in [0.15, 0.2) is 0 Å². The second kappa shape index (κ2) is 6.90. The molecule has 7 nitrogen and oxygen atoms in total. The largest absolute Gasteiger partial charge is 0.488 e. The number of hydrogen-bond donors (Lipinski definition) is 0. The lowest BCUT2D eigenvalue weighted by Crippen LogP contribution is -2.18. The molecule has 2 aromatic heterocycles. The quantitative estimate of drug-likeness (QED) is 0.500. The number of ether oxygens (including phenoxy) is 2. The zero-order valence-electron chi connectivity index (χ0n) is 13.1. The van der Waals surface area contributed by atoms with Crippen molar-refractivity contribution in [2.24, 2.45) is 0 Å². The van der Waals surface area contributed by atoms with Gasteiger partial charge in [0.2, 0.25) is 0 Å². The molecule has 24 heavy (non-hydrogen) atoms. The minimum atomic E-state index is -0.432. The van der Waals surface area contributed by atoms with Gasteiger partial charge in [-0.1, -0.05) is 0 Å². The molecule has 0 saturated carbocycles. The minimum Gasteiger partial charge on any atom is -0.488 e. The molecule has 0 fully saturated rings. The van der Waals surface area contributed by atoms with Crippen LogP contribution in [0.15, 0.2) is 36.0 Å². The molecule has 0 radical (unpaired) electrons. The Morgan fingerprint density at radius 1 is 1.38 bits per heavy atom. The first-order valence-corrected chi connectivity index (χ1v) is 8.10. The smallest absolute Gasteiger partial charge is 0.270 e. The van der Waals surface area contributed by atoms with E-state index < -0.39 is 4.92 Å².